The number of nitrogens with zero attached hydrogens (tertiary/aromatic N) is 1. The van der Waals surface area contributed by atoms with Gasteiger partial charge in [-0.3, -0.25) is 0 Å². The van der Waals surface area contributed by atoms with Crippen molar-refractivity contribution in [3.8, 4) is 0 Å². The second kappa shape index (κ2) is 4.51. The number of imidazole rings is 1. The highest BCUT2D eigenvalue weighted by molar-refractivity contribution is 6.20. The largest absolute Gasteiger partial charge is 0.345 e. The summed E-state index contributed by atoms with van der Waals surface area (Å²) in [5, 5.41) is 0.0998. The Kier molecular flexibility index (Phi) is 3.60. The Morgan fingerprint density at radius 1 is 1.58 bits per heavy atom. The molecule has 0 amide bonds. The normalized spacial score (nSPS) is 13.2. The number of H-pyrrole nitrogens is 1. The van der Waals surface area contributed by atoms with Gasteiger partial charge >= 0.3 is 0 Å². The van der Waals surface area contributed by atoms with Crippen LogP contribution in [0.25, 0.3) is 0 Å². The van der Waals surface area contributed by atoms with Crippen LogP contribution < -0.4 is 0 Å². The number of aromatic amines is 1. The van der Waals surface area contributed by atoms with Gasteiger partial charge in [0, 0.05) is 12.6 Å². The van der Waals surface area contributed by atoms with Crippen molar-refractivity contribution in [1.82, 2.24) is 9.97 Å². The highest BCUT2D eigenvalue weighted by Crippen LogP contribution is 2.23. The molecule has 1 unspecified atom stereocenters. The van der Waals surface area contributed by atoms with Crippen LogP contribution in [0.4, 0.5) is 0 Å². The topological polar surface area (TPSA) is 28.7 Å². The third-order valence-corrected chi connectivity index (χ3v) is 2.32. The van der Waals surface area contributed by atoms with Gasteiger partial charge in [0.2, 0.25) is 0 Å². The maximum atomic E-state index is 6.11. The fourth-order valence-electron chi connectivity index (χ4n) is 1.13. The first-order valence-corrected chi connectivity index (χ1v) is 4.89. The van der Waals surface area contributed by atoms with E-state index in [1.54, 1.807) is 0 Å². The summed E-state index contributed by atoms with van der Waals surface area (Å²) in [4.78, 5) is 7.40. The van der Waals surface area contributed by atoms with Crippen molar-refractivity contribution >= 4 is 11.6 Å². The van der Waals surface area contributed by atoms with Gasteiger partial charge in [0.05, 0.1) is 11.1 Å². The van der Waals surface area contributed by atoms with Crippen LogP contribution in [0.2, 0.25) is 0 Å². The molecule has 0 radical (unpaired) electrons. The van der Waals surface area contributed by atoms with E-state index in [0.717, 1.165) is 30.8 Å². The Bertz CT molecular complexity index is 232. The lowest BCUT2D eigenvalue weighted by atomic mass is 10.2. The molecule has 0 aliphatic carbocycles. The number of halogens is 1. The summed E-state index contributed by atoms with van der Waals surface area (Å²) >= 11 is 6.11. The molecule has 68 valence electrons. The maximum Gasteiger partial charge on any atom is 0.105 e. The van der Waals surface area contributed by atoms with Crippen molar-refractivity contribution in [1.29, 1.82) is 0 Å². The standard InChI is InChI=1S/C9H15ClN2/c1-3-5-7(10)8-6-11-9(4-2)12-8/h6-7H,3-5H2,1-2H3,(H,11,12). The van der Waals surface area contributed by atoms with Crippen molar-refractivity contribution in [2.24, 2.45) is 0 Å². The molecule has 1 N–H and O–H groups in total. The lowest BCUT2D eigenvalue weighted by Gasteiger charge is -2.03. The molecule has 0 spiro atoms. The Morgan fingerprint density at radius 2 is 2.33 bits per heavy atom. The van der Waals surface area contributed by atoms with Crippen LogP contribution in [-0.4, -0.2) is 9.97 Å². The van der Waals surface area contributed by atoms with E-state index in [1.807, 2.05) is 6.20 Å². The molecule has 1 rings (SSSR count). The summed E-state index contributed by atoms with van der Waals surface area (Å²) in [6.07, 6.45) is 4.89. The van der Waals surface area contributed by atoms with Crippen molar-refractivity contribution in [2.45, 2.75) is 38.5 Å². The van der Waals surface area contributed by atoms with Gasteiger partial charge in [-0.2, -0.15) is 0 Å². The van der Waals surface area contributed by atoms with E-state index in [0.29, 0.717) is 0 Å². The third-order valence-electron chi connectivity index (χ3n) is 1.86. The molecule has 0 bridgehead atoms. The first-order valence-electron chi connectivity index (χ1n) is 4.45. The second-order valence-electron chi connectivity index (χ2n) is 2.89. The Morgan fingerprint density at radius 3 is 2.83 bits per heavy atom. The zero-order valence-corrected chi connectivity index (χ0v) is 8.36. The fraction of sp³-hybridized carbons (Fsp3) is 0.667. The van der Waals surface area contributed by atoms with Gasteiger partial charge in [0.15, 0.2) is 0 Å². The summed E-state index contributed by atoms with van der Waals surface area (Å²) in [7, 11) is 0. The SMILES string of the molecule is CCCC(Cl)c1cnc(CC)[nH]1. The van der Waals surface area contributed by atoms with Gasteiger partial charge in [0.25, 0.3) is 0 Å². The van der Waals surface area contributed by atoms with E-state index in [9.17, 15) is 0 Å². The highest BCUT2D eigenvalue weighted by Gasteiger charge is 2.08. The van der Waals surface area contributed by atoms with Crippen LogP contribution in [0, 0.1) is 0 Å². The molecular weight excluding hydrogens is 172 g/mol. The number of hydrogen-bond acceptors (Lipinski definition) is 1. The molecule has 2 nitrogen and oxygen atoms in total. The number of nitrogens with one attached hydrogen (secondary N) is 1. The molecule has 0 saturated heterocycles. The van der Waals surface area contributed by atoms with E-state index in [2.05, 4.69) is 23.8 Å². The zero-order valence-electron chi connectivity index (χ0n) is 7.60. The lowest BCUT2D eigenvalue weighted by Crippen LogP contribution is -1.90. The van der Waals surface area contributed by atoms with Gasteiger partial charge < -0.3 is 4.98 Å². The second-order valence-corrected chi connectivity index (χ2v) is 3.42. The third kappa shape index (κ3) is 2.24. The predicted molar refractivity (Wildman–Crippen MR) is 51.5 cm³/mol. The highest BCUT2D eigenvalue weighted by atomic mass is 35.5. The van der Waals surface area contributed by atoms with Crippen LogP contribution in [-0.2, 0) is 6.42 Å². The number of aryl methyl sites for hydroxylation is 1. The van der Waals surface area contributed by atoms with Crippen molar-refractivity contribution in [3.63, 3.8) is 0 Å². The molecule has 1 aromatic heterocycles. The van der Waals surface area contributed by atoms with E-state index >= 15 is 0 Å². The van der Waals surface area contributed by atoms with E-state index in [4.69, 9.17) is 11.6 Å². The Balaban J connectivity index is 2.61. The average molecular weight is 187 g/mol. The number of alkyl halides is 1. The summed E-state index contributed by atoms with van der Waals surface area (Å²) in [6, 6.07) is 0. The quantitative estimate of drug-likeness (QED) is 0.720. The summed E-state index contributed by atoms with van der Waals surface area (Å²) in [5.74, 6) is 1.02. The minimum absolute atomic E-state index is 0.0998. The summed E-state index contributed by atoms with van der Waals surface area (Å²) in [6.45, 7) is 4.21. The Labute approximate surface area is 78.4 Å². The first-order chi connectivity index (χ1) is 5.77. The predicted octanol–water partition coefficient (Wildman–Crippen LogP) is 3.05. The van der Waals surface area contributed by atoms with Crippen molar-refractivity contribution in [2.75, 3.05) is 0 Å². The Hall–Kier alpha value is -0.500. The monoisotopic (exact) mass is 186 g/mol. The summed E-state index contributed by atoms with van der Waals surface area (Å²) in [5.41, 5.74) is 1.05. The van der Waals surface area contributed by atoms with Crippen LogP contribution in [0.5, 0.6) is 0 Å². The molecular formula is C9H15ClN2. The van der Waals surface area contributed by atoms with Crippen molar-refractivity contribution in [3.05, 3.63) is 17.7 Å². The molecule has 12 heavy (non-hydrogen) atoms. The van der Waals surface area contributed by atoms with Crippen molar-refractivity contribution < 1.29 is 0 Å². The van der Waals surface area contributed by atoms with Gasteiger partial charge in [-0.25, -0.2) is 4.98 Å². The molecule has 3 heteroatoms. The number of aromatic nitrogens is 2. The van der Waals surface area contributed by atoms with E-state index in [-0.39, 0.29) is 5.38 Å². The van der Waals surface area contributed by atoms with Crippen LogP contribution >= 0.6 is 11.6 Å². The van der Waals surface area contributed by atoms with Gasteiger partial charge in [-0.05, 0) is 6.42 Å². The van der Waals surface area contributed by atoms with E-state index in [1.165, 1.54) is 0 Å². The van der Waals surface area contributed by atoms with Crippen LogP contribution in [0.3, 0.4) is 0 Å². The average Bonchev–Trinajstić information content (AvgIpc) is 2.52. The molecule has 1 aromatic rings. The summed E-state index contributed by atoms with van der Waals surface area (Å²) < 4.78 is 0. The fourth-order valence-corrected chi connectivity index (χ4v) is 1.46. The molecule has 0 aliphatic heterocycles. The molecule has 0 saturated carbocycles. The molecule has 0 fully saturated rings. The van der Waals surface area contributed by atoms with Gasteiger partial charge in [-0.1, -0.05) is 20.3 Å². The van der Waals surface area contributed by atoms with Crippen LogP contribution in [0.15, 0.2) is 6.20 Å². The minimum atomic E-state index is 0.0998. The van der Waals surface area contributed by atoms with E-state index < -0.39 is 0 Å². The smallest absolute Gasteiger partial charge is 0.105 e. The molecule has 1 heterocycles. The van der Waals surface area contributed by atoms with Gasteiger partial charge in [-0.15, -0.1) is 11.6 Å². The minimum Gasteiger partial charge on any atom is -0.345 e. The number of rotatable bonds is 4. The molecule has 1 atom stereocenters. The lowest BCUT2D eigenvalue weighted by molar-refractivity contribution is 0.753. The zero-order chi connectivity index (χ0) is 8.97. The first kappa shape index (κ1) is 9.59. The molecule has 0 aliphatic rings. The van der Waals surface area contributed by atoms with Gasteiger partial charge in [0.1, 0.15) is 5.82 Å². The number of hydrogen-bond donors (Lipinski definition) is 1. The maximum absolute atomic E-state index is 6.11. The van der Waals surface area contributed by atoms with Crippen LogP contribution in [0.1, 0.15) is 43.6 Å². The molecule has 0 aromatic carbocycles.